The molecule has 0 radical (unpaired) electrons. The van der Waals surface area contributed by atoms with Crippen molar-refractivity contribution in [2.45, 2.75) is 44.6 Å². The van der Waals surface area contributed by atoms with Crippen LogP contribution in [0.2, 0.25) is 0 Å². The summed E-state index contributed by atoms with van der Waals surface area (Å²) >= 11 is 0. The summed E-state index contributed by atoms with van der Waals surface area (Å²) in [6, 6.07) is 5.55. The second-order valence-electron chi connectivity index (χ2n) is 5.26. The maximum absolute atomic E-state index is 12.3. The lowest BCUT2D eigenvalue weighted by Crippen LogP contribution is -2.34. The van der Waals surface area contributed by atoms with E-state index in [1.165, 1.54) is 25.7 Å². The van der Waals surface area contributed by atoms with Gasteiger partial charge in [0.15, 0.2) is 0 Å². The molecular formula is C16H23NO3. The molecule has 4 heteroatoms. The van der Waals surface area contributed by atoms with Crippen LogP contribution in [0.1, 0.15) is 48.9 Å². The van der Waals surface area contributed by atoms with Gasteiger partial charge >= 0.3 is 0 Å². The highest BCUT2D eigenvalue weighted by molar-refractivity contribution is 5.95. The number of hydrogen-bond acceptors (Lipinski definition) is 3. The van der Waals surface area contributed by atoms with Crippen molar-refractivity contribution < 1.29 is 14.3 Å². The first-order chi connectivity index (χ1) is 9.72. The first kappa shape index (κ1) is 14.7. The zero-order chi connectivity index (χ0) is 14.4. The Bertz CT molecular complexity index is 429. The zero-order valence-electron chi connectivity index (χ0n) is 12.3. The highest BCUT2D eigenvalue weighted by Crippen LogP contribution is 2.23. The quantitative estimate of drug-likeness (QED) is 0.860. The number of nitrogens with one attached hydrogen (secondary N) is 1. The van der Waals surface area contributed by atoms with Crippen LogP contribution in [0.25, 0.3) is 0 Å². The van der Waals surface area contributed by atoms with E-state index in [-0.39, 0.29) is 5.91 Å². The molecule has 110 valence electrons. The summed E-state index contributed by atoms with van der Waals surface area (Å²) in [6.07, 6.45) is 7.11. The number of hydrogen-bond donors (Lipinski definition) is 1. The molecule has 4 nitrogen and oxygen atoms in total. The number of amides is 1. The summed E-state index contributed by atoms with van der Waals surface area (Å²) in [4.78, 5) is 12.3. The Labute approximate surface area is 120 Å². The molecule has 2 rings (SSSR count). The van der Waals surface area contributed by atoms with Crippen molar-refractivity contribution in [1.29, 1.82) is 0 Å². The second-order valence-corrected chi connectivity index (χ2v) is 5.26. The van der Waals surface area contributed by atoms with E-state index >= 15 is 0 Å². The zero-order valence-corrected chi connectivity index (χ0v) is 12.3. The van der Waals surface area contributed by atoms with Gasteiger partial charge in [-0.1, -0.05) is 25.7 Å². The summed E-state index contributed by atoms with van der Waals surface area (Å²) < 4.78 is 10.4. The standard InChI is InChI=1S/C16H23NO3/c1-19-14-9-12(10-15(11-14)20-2)16(18)17-13-7-5-3-4-6-8-13/h9-11,13H,3-8H2,1-2H3,(H,17,18). The molecule has 0 bridgehead atoms. The molecule has 1 fully saturated rings. The Kier molecular flexibility index (Phi) is 5.27. The van der Waals surface area contributed by atoms with Crippen molar-refractivity contribution in [3.63, 3.8) is 0 Å². The van der Waals surface area contributed by atoms with Crippen LogP contribution >= 0.6 is 0 Å². The highest BCUT2D eigenvalue weighted by Gasteiger charge is 2.16. The van der Waals surface area contributed by atoms with Crippen LogP contribution in [0.5, 0.6) is 11.5 Å². The molecule has 1 aromatic rings. The number of methoxy groups -OCH3 is 2. The van der Waals surface area contributed by atoms with Gasteiger partial charge in [0.2, 0.25) is 0 Å². The van der Waals surface area contributed by atoms with E-state index in [1.54, 1.807) is 32.4 Å². The lowest BCUT2D eigenvalue weighted by atomic mass is 10.1. The van der Waals surface area contributed by atoms with Gasteiger partial charge in [-0.3, -0.25) is 4.79 Å². The molecule has 1 aliphatic rings. The minimum atomic E-state index is -0.0471. The van der Waals surface area contributed by atoms with Crippen molar-refractivity contribution in [3.05, 3.63) is 23.8 Å². The monoisotopic (exact) mass is 277 g/mol. The fraction of sp³-hybridized carbons (Fsp3) is 0.562. The van der Waals surface area contributed by atoms with Crippen molar-refractivity contribution in [1.82, 2.24) is 5.32 Å². The van der Waals surface area contributed by atoms with E-state index in [9.17, 15) is 4.79 Å². The minimum absolute atomic E-state index is 0.0471. The Morgan fingerprint density at radius 2 is 1.55 bits per heavy atom. The molecule has 0 aliphatic heterocycles. The van der Waals surface area contributed by atoms with Gasteiger partial charge in [0.05, 0.1) is 14.2 Å². The van der Waals surface area contributed by atoms with Gasteiger partial charge in [-0.05, 0) is 25.0 Å². The summed E-state index contributed by atoms with van der Waals surface area (Å²) in [5, 5.41) is 3.13. The van der Waals surface area contributed by atoms with Gasteiger partial charge in [0, 0.05) is 17.7 Å². The molecule has 0 spiro atoms. The first-order valence-electron chi connectivity index (χ1n) is 7.27. The average Bonchev–Trinajstić information content (AvgIpc) is 2.75. The summed E-state index contributed by atoms with van der Waals surface area (Å²) in [5.74, 6) is 1.22. The van der Waals surface area contributed by atoms with E-state index < -0.39 is 0 Å². The third kappa shape index (κ3) is 3.89. The van der Waals surface area contributed by atoms with E-state index in [4.69, 9.17) is 9.47 Å². The first-order valence-corrected chi connectivity index (χ1v) is 7.27. The SMILES string of the molecule is COc1cc(OC)cc(C(=O)NC2CCCCCC2)c1. The number of carbonyl (C=O) groups excluding carboxylic acids is 1. The van der Waals surface area contributed by atoms with Crippen LogP contribution < -0.4 is 14.8 Å². The Morgan fingerprint density at radius 1 is 1.00 bits per heavy atom. The Hall–Kier alpha value is -1.71. The van der Waals surface area contributed by atoms with Crippen molar-refractivity contribution in [3.8, 4) is 11.5 Å². The molecule has 0 aromatic heterocycles. The van der Waals surface area contributed by atoms with Gasteiger partial charge in [0.1, 0.15) is 11.5 Å². The second kappa shape index (κ2) is 7.17. The van der Waals surface area contributed by atoms with Crippen molar-refractivity contribution in [2.24, 2.45) is 0 Å². The van der Waals surface area contributed by atoms with Gasteiger partial charge in [0.25, 0.3) is 5.91 Å². The molecule has 0 heterocycles. The van der Waals surface area contributed by atoms with Crippen molar-refractivity contribution >= 4 is 5.91 Å². The van der Waals surface area contributed by atoms with Crippen LogP contribution in [0.3, 0.4) is 0 Å². The fourth-order valence-corrected chi connectivity index (χ4v) is 2.63. The predicted octanol–water partition coefficient (Wildman–Crippen LogP) is 3.16. The van der Waals surface area contributed by atoms with E-state index in [2.05, 4.69) is 5.32 Å². The molecule has 20 heavy (non-hydrogen) atoms. The van der Waals surface area contributed by atoms with Gasteiger partial charge < -0.3 is 14.8 Å². The number of rotatable bonds is 4. The van der Waals surface area contributed by atoms with Gasteiger partial charge in [-0.25, -0.2) is 0 Å². The maximum Gasteiger partial charge on any atom is 0.251 e. The lowest BCUT2D eigenvalue weighted by Gasteiger charge is -2.17. The molecule has 0 atom stereocenters. The smallest absolute Gasteiger partial charge is 0.251 e. The molecule has 0 saturated heterocycles. The molecular weight excluding hydrogens is 254 g/mol. The average molecular weight is 277 g/mol. The number of benzene rings is 1. The van der Waals surface area contributed by atoms with E-state index in [1.807, 2.05) is 0 Å². The van der Waals surface area contributed by atoms with Crippen LogP contribution in [-0.2, 0) is 0 Å². The van der Waals surface area contributed by atoms with E-state index in [0.717, 1.165) is 12.8 Å². The van der Waals surface area contributed by atoms with Crippen molar-refractivity contribution in [2.75, 3.05) is 14.2 Å². The number of carbonyl (C=O) groups is 1. The van der Waals surface area contributed by atoms with Crippen LogP contribution in [0.4, 0.5) is 0 Å². The third-order valence-corrected chi connectivity index (χ3v) is 3.80. The Morgan fingerprint density at radius 3 is 2.05 bits per heavy atom. The topological polar surface area (TPSA) is 47.6 Å². The highest BCUT2D eigenvalue weighted by atomic mass is 16.5. The predicted molar refractivity (Wildman–Crippen MR) is 78.5 cm³/mol. The van der Waals surface area contributed by atoms with Crippen LogP contribution in [0.15, 0.2) is 18.2 Å². The fourth-order valence-electron chi connectivity index (χ4n) is 2.63. The minimum Gasteiger partial charge on any atom is -0.497 e. The molecule has 1 aromatic carbocycles. The lowest BCUT2D eigenvalue weighted by molar-refractivity contribution is 0.0932. The molecule has 1 N–H and O–H groups in total. The molecule has 1 aliphatic carbocycles. The summed E-state index contributed by atoms with van der Waals surface area (Å²) in [7, 11) is 3.17. The van der Waals surface area contributed by atoms with Gasteiger partial charge in [-0.15, -0.1) is 0 Å². The molecule has 1 amide bonds. The van der Waals surface area contributed by atoms with Crippen LogP contribution in [-0.4, -0.2) is 26.2 Å². The normalized spacial score (nSPS) is 16.3. The summed E-state index contributed by atoms with van der Waals surface area (Å²) in [5.41, 5.74) is 0.588. The largest absolute Gasteiger partial charge is 0.497 e. The number of ether oxygens (including phenoxy) is 2. The van der Waals surface area contributed by atoms with Crippen LogP contribution in [0, 0.1) is 0 Å². The molecule has 0 unspecified atom stereocenters. The third-order valence-electron chi connectivity index (χ3n) is 3.80. The van der Waals surface area contributed by atoms with E-state index in [0.29, 0.717) is 23.1 Å². The molecule has 1 saturated carbocycles. The Balaban J connectivity index is 2.07. The summed E-state index contributed by atoms with van der Waals surface area (Å²) in [6.45, 7) is 0. The van der Waals surface area contributed by atoms with Gasteiger partial charge in [-0.2, -0.15) is 0 Å². The maximum atomic E-state index is 12.3.